The second-order valence-electron chi connectivity index (χ2n) is 4.09. The molecule has 0 aliphatic heterocycles. The van der Waals surface area contributed by atoms with Gasteiger partial charge in [-0.2, -0.15) is 5.26 Å². The highest BCUT2D eigenvalue weighted by Gasteiger charge is 2.05. The van der Waals surface area contributed by atoms with E-state index in [-0.39, 0.29) is 0 Å². The summed E-state index contributed by atoms with van der Waals surface area (Å²) in [6, 6.07) is 13.8. The topological polar surface area (TPSA) is 35.8 Å². The standard InChI is InChI=1S/C15H12Br2N2/c1-2-11-8-12(16)4-6-14(11)19-15-5-3-10(9-18)7-13(15)17/h3-8,19H,2H2,1H3. The summed E-state index contributed by atoms with van der Waals surface area (Å²) in [6.07, 6.45) is 0.954. The molecule has 96 valence electrons. The van der Waals surface area contributed by atoms with Gasteiger partial charge in [0.2, 0.25) is 0 Å². The first-order chi connectivity index (χ1) is 9.13. The highest BCUT2D eigenvalue weighted by Crippen LogP contribution is 2.30. The Hall–Kier alpha value is -1.31. The number of anilines is 2. The Bertz CT molecular complexity index is 645. The molecule has 0 bridgehead atoms. The van der Waals surface area contributed by atoms with Crippen molar-refractivity contribution in [1.29, 1.82) is 5.26 Å². The molecule has 2 aromatic carbocycles. The van der Waals surface area contributed by atoms with E-state index in [0.29, 0.717) is 5.56 Å². The van der Waals surface area contributed by atoms with Crippen LogP contribution in [0.1, 0.15) is 18.1 Å². The number of nitriles is 1. The van der Waals surface area contributed by atoms with Gasteiger partial charge in [-0.05, 0) is 64.3 Å². The van der Waals surface area contributed by atoms with Gasteiger partial charge in [-0.25, -0.2) is 0 Å². The van der Waals surface area contributed by atoms with Crippen LogP contribution in [0.5, 0.6) is 0 Å². The van der Waals surface area contributed by atoms with Gasteiger partial charge in [0.05, 0.1) is 17.3 Å². The molecule has 0 aliphatic carbocycles. The first-order valence-corrected chi connectivity index (χ1v) is 7.47. The number of hydrogen-bond donors (Lipinski definition) is 1. The van der Waals surface area contributed by atoms with E-state index in [0.717, 1.165) is 26.7 Å². The van der Waals surface area contributed by atoms with Crippen molar-refractivity contribution in [2.75, 3.05) is 5.32 Å². The summed E-state index contributed by atoms with van der Waals surface area (Å²) >= 11 is 6.97. The van der Waals surface area contributed by atoms with Crippen molar-refractivity contribution in [2.45, 2.75) is 13.3 Å². The van der Waals surface area contributed by atoms with Gasteiger partial charge < -0.3 is 5.32 Å². The van der Waals surface area contributed by atoms with Gasteiger partial charge in [-0.3, -0.25) is 0 Å². The minimum Gasteiger partial charge on any atom is -0.354 e. The fourth-order valence-corrected chi connectivity index (χ4v) is 2.69. The van der Waals surface area contributed by atoms with E-state index in [2.05, 4.69) is 56.2 Å². The van der Waals surface area contributed by atoms with Crippen LogP contribution in [0.15, 0.2) is 45.3 Å². The Labute approximate surface area is 129 Å². The van der Waals surface area contributed by atoms with Crippen molar-refractivity contribution in [3.05, 3.63) is 56.5 Å². The molecule has 0 spiro atoms. The lowest BCUT2D eigenvalue weighted by molar-refractivity contribution is 1.14. The zero-order valence-electron chi connectivity index (χ0n) is 10.4. The molecule has 0 fully saturated rings. The highest BCUT2D eigenvalue weighted by molar-refractivity contribution is 9.10. The fraction of sp³-hybridized carbons (Fsp3) is 0.133. The van der Waals surface area contributed by atoms with Crippen LogP contribution in [0, 0.1) is 11.3 Å². The molecule has 0 heterocycles. The monoisotopic (exact) mass is 378 g/mol. The normalized spacial score (nSPS) is 10.0. The van der Waals surface area contributed by atoms with Gasteiger partial charge in [-0.15, -0.1) is 0 Å². The van der Waals surface area contributed by atoms with Crippen molar-refractivity contribution in [3.8, 4) is 6.07 Å². The number of nitrogens with zero attached hydrogens (tertiary/aromatic N) is 1. The molecule has 0 atom stereocenters. The van der Waals surface area contributed by atoms with Crippen LogP contribution in [-0.2, 0) is 6.42 Å². The molecule has 0 amide bonds. The number of aryl methyl sites for hydroxylation is 1. The van der Waals surface area contributed by atoms with Gasteiger partial charge in [0.1, 0.15) is 0 Å². The second-order valence-corrected chi connectivity index (χ2v) is 5.86. The molecule has 19 heavy (non-hydrogen) atoms. The third-order valence-electron chi connectivity index (χ3n) is 2.82. The average Bonchev–Trinajstić information content (AvgIpc) is 2.42. The first kappa shape index (κ1) is 14.1. The molecule has 0 saturated heterocycles. The van der Waals surface area contributed by atoms with Gasteiger partial charge in [-0.1, -0.05) is 22.9 Å². The number of rotatable bonds is 3. The van der Waals surface area contributed by atoms with Crippen LogP contribution >= 0.6 is 31.9 Å². The minimum absolute atomic E-state index is 0.643. The summed E-state index contributed by atoms with van der Waals surface area (Å²) in [5, 5.41) is 12.3. The molecule has 2 nitrogen and oxygen atoms in total. The van der Waals surface area contributed by atoms with E-state index in [4.69, 9.17) is 5.26 Å². The van der Waals surface area contributed by atoms with Crippen molar-refractivity contribution in [1.82, 2.24) is 0 Å². The van der Waals surface area contributed by atoms with Crippen molar-refractivity contribution >= 4 is 43.2 Å². The largest absolute Gasteiger partial charge is 0.354 e. The lowest BCUT2D eigenvalue weighted by Gasteiger charge is -2.13. The molecule has 0 aromatic heterocycles. The Morgan fingerprint density at radius 3 is 2.47 bits per heavy atom. The Balaban J connectivity index is 2.34. The maximum atomic E-state index is 8.86. The number of nitrogens with one attached hydrogen (secondary N) is 1. The predicted octanol–water partition coefficient (Wildman–Crippen LogP) is 5.39. The zero-order valence-corrected chi connectivity index (χ0v) is 13.5. The Morgan fingerprint density at radius 2 is 1.84 bits per heavy atom. The molecular formula is C15H12Br2N2. The first-order valence-electron chi connectivity index (χ1n) is 5.89. The molecular weight excluding hydrogens is 368 g/mol. The maximum absolute atomic E-state index is 8.86. The molecule has 1 N–H and O–H groups in total. The van der Waals surface area contributed by atoms with Crippen molar-refractivity contribution in [3.63, 3.8) is 0 Å². The third kappa shape index (κ3) is 3.37. The third-order valence-corrected chi connectivity index (χ3v) is 3.97. The lowest BCUT2D eigenvalue weighted by Crippen LogP contribution is -1.96. The van der Waals surface area contributed by atoms with Crippen LogP contribution in [0.2, 0.25) is 0 Å². The maximum Gasteiger partial charge on any atom is 0.0992 e. The minimum atomic E-state index is 0.643. The zero-order chi connectivity index (χ0) is 13.8. The molecule has 0 unspecified atom stereocenters. The van der Waals surface area contributed by atoms with Crippen molar-refractivity contribution < 1.29 is 0 Å². The van der Waals surface area contributed by atoms with Crippen LogP contribution < -0.4 is 5.32 Å². The van der Waals surface area contributed by atoms with Crippen LogP contribution in [0.4, 0.5) is 11.4 Å². The molecule has 4 heteroatoms. The number of benzene rings is 2. The van der Waals surface area contributed by atoms with Gasteiger partial charge >= 0.3 is 0 Å². The number of halogens is 2. The molecule has 0 radical (unpaired) electrons. The second kappa shape index (κ2) is 6.23. The highest BCUT2D eigenvalue weighted by atomic mass is 79.9. The van der Waals surface area contributed by atoms with Crippen LogP contribution in [0.25, 0.3) is 0 Å². The molecule has 2 aromatic rings. The molecule has 2 rings (SSSR count). The van der Waals surface area contributed by atoms with Crippen LogP contribution in [0.3, 0.4) is 0 Å². The van der Waals surface area contributed by atoms with E-state index >= 15 is 0 Å². The number of hydrogen-bond acceptors (Lipinski definition) is 2. The quantitative estimate of drug-likeness (QED) is 0.775. The van der Waals surface area contributed by atoms with Gasteiger partial charge in [0, 0.05) is 14.6 Å². The lowest BCUT2D eigenvalue weighted by atomic mass is 10.1. The predicted molar refractivity (Wildman–Crippen MR) is 85.7 cm³/mol. The average molecular weight is 380 g/mol. The summed E-state index contributed by atoms with van der Waals surface area (Å²) in [7, 11) is 0. The van der Waals surface area contributed by atoms with E-state index in [1.165, 1.54) is 5.56 Å². The molecule has 0 aliphatic rings. The fourth-order valence-electron chi connectivity index (χ4n) is 1.81. The smallest absolute Gasteiger partial charge is 0.0992 e. The van der Waals surface area contributed by atoms with Gasteiger partial charge in [0.25, 0.3) is 0 Å². The van der Waals surface area contributed by atoms with E-state index in [9.17, 15) is 0 Å². The summed E-state index contributed by atoms with van der Waals surface area (Å²) in [6.45, 7) is 2.13. The summed E-state index contributed by atoms with van der Waals surface area (Å²) < 4.78 is 1.96. The Morgan fingerprint density at radius 1 is 1.11 bits per heavy atom. The van der Waals surface area contributed by atoms with Crippen molar-refractivity contribution in [2.24, 2.45) is 0 Å². The SMILES string of the molecule is CCc1cc(Br)ccc1Nc1ccc(C#N)cc1Br. The Kier molecular flexibility index (Phi) is 4.62. The van der Waals surface area contributed by atoms with Gasteiger partial charge in [0.15, 0.2) is 0 Å². The molecule has 0 saturated carbocycles. The van der Waals surface area contributed by atoms with E-state index in [1.54, 1.807) is 6.07 Å². The summed E-state index contributed by atoms with van der Waals surface area (Å²) in [5.41, 5.74) is 3.92. The summed E-state index contributed by atoms with van der Waals surface area (Å²) in [4.78, 5) is 0. The van der Waals surface area contributed by atoms with E-state index < -0.39 is 0 Å². The van der Waals surface area contributed by atoms with Crippen LogP contribution in [-0.4, -0.2) is 0 Å². The van der Waals surface area contributed by atoms with E-state index in [1.807, 2.05) is 24.3 Å². The summed E-state index contributed by atoms with van der Waals surface area (Å²) in [5.74, 6) is 0.